The molecule has 1 unspecified atom stereocenters. The SMILES string of the molecule is CCOCC(C)(CC(=O)OCC)N1CCN(C)CC1. The monoisotopic (exact) mass is 272 g/mol. The molecule has 112 valence electrons. The van der Waals surface area contributed by atoms with Crippen molar-refractivity contribution in [3.8, 4) is 0 Å². The smallest absolute Gasteiger partial charge is 0.307 e. The van der Waals surface area contributed by atoms with E-state index >= 15 is 0 Å². The number of piperazine rings is 1. The summed E-state index contributed by atoms with van der Waals surface area (Å²) in [5, 5.41) is 0. The van der Waals surface area contributed by atoms with Crippen molar-refractivity contribution in [2.45, 2.75) is 32.7 Å². The van der Waals surface area contributed by atoms with Gasteiger partial charge >= 0.3 is 5.97 Å². The Morgan fingerprint density at radius 3 is 2.32 bits per heavy atom. The molecule has 0 spiro atoms. The third-order valence-corrected chi connectivity index (χ3v) is 3.71. The molecular formula is C14H28N2O3. The van der Waals surface area contributed by atoms with Crippen LogP contribution in [0.2, 0.25) is 0 Å². The molecule has 0 aromatic carbocycles. The van der Waals surface area contributed by atoms with Gasteiger partial charge in [0.1, 0.15) is 0 Å². The highest BCUT2D eigenvalue weighted by atomic mass is 16.5. The number of carbonyl (C=O) groups excluding carboxylic acids is 1. The molecule has 0 bridgehead atoms. The number of esters is 1. The van der Waals surface area contributed by atoms with Gasteiger partial charge in [0, 0.05) is 32.8 Å². The fourth-order valence-corrected chi connectivity index (χ4v) is 2.45. The molecule has 1 heterocycles. The summed E-state index contributed by atoms with van der Waals surface area (Å²) >= 11 is 0. The topological polar surface area (TPSA) is 42.0 Å². The zero-order valence-electron chi connectivity index (χ0n) is 12.8. The lowest BCUT2D eigenvalue weighted by atomic mass is 9.95. The van der Waals surface area contributed by atoms with Crippen molar-refractivity contribution in [3.63, 3.8) is 0 Å². The first-order chi connectivity index (χ1) is 9.01. The zero-order valence-corrected chi connectivity index (χ0v) is 12.8. The first kappa shape index (κ1) is 16.4. The van der Waals surface area contributed by atoms with Gasteiger partial charge in [-0.15, -0.1) is 0 Å². The van der Waals surface area contributed by atoms with Gasteiger partial charge in [-0.05, 0) is 27.8 Å². The maximum atomic E-state index is 11.8. The van der Waals surface area contributed by atoms with Crippen LogP contribution in [0.5, 0.6) is 0 Å². The number of rotatable bonds is 7. The molecule has 1 aliphatic rings. The first-order valence-corrected chi connectivity index (χ1v) is 7.18. The molecule has 0 radical (unpaired) electrons. The van der Waals surface area contributed by atoms with Gasteiger partial charge < -0.3 is 14.4 Å². The molecule has 1 atom stereocenters. The second-order valence-corrected chi connectivity index (χ2v) is 5.41. The minimum Gasteiger partial charge on any atom is -0.466 e. The van der Waals surface area contributed by atoms with E-state index < -0.39 is 0 Å². The fraction of sp³-hybridized carbons (Fsp3) is 0.929. The van der Waals surface area contributed by atoms with Crippen LogP contribution in [0.1, 0.15) is 27.2 Å². The summed E-state index contributed by atoms with van der Waals surface area (Å²) in [6, 6.07) is 0. The predicted molar refractivity (Wildman–Crippen MR) is 75.2 cm³/mol. The van der Waals surface area contributed by atoms with Gasteiger partial charge in [0.15, 0.2) is 0 Å². The van der Waals surface area contributed by atoms with Crippen LogP contribution in [0, 0.1) is 0 Å². The van der Waals surface area contributed by atoms with E-state index in [1.165, 1.54) is 0 Å². The third-order valence-electron chi connectivity index (χ3n) is 3.71. The Kier molecular flexibility index (Phi) is 6.75. The molecule has 5 nitrogen and oxygen atoms in total. The molecule has 1 rings (SSSR count). The van der Waals surface area contributed by atoms with E-state index in [9.17, 15) is 4.79 Å². The molecule has 0 amide bonds. The summed E-state index contributed by atoms with van der Waals surface area (Å²) in [5.74, 6) is -0.136. The summed E-state index contributed by atoms with van der Waals surface area (Å²) in [7, 11) is 2.13. The fourth-order valence-electron chi connectivity index (χ4n) is 2.45. The second kappa shape index (κ2) is 7.82. The van der Waals surface area contributed by atoms with Crippen molar-refractivity contribution in [1.29, 1.82) is 0 Å². The van der Waals surface area contributed by atoms with Crippen LogP contribution in [0.15, 0.2) is 0 Å². The maximum absolute atomic E-state index is 11.8. The Morgan fingerprint density at radius 2 is 1.79 bits per heavy atom. The number of likely N-dealkylation sites (N-methyl/N-ethyl adjacent to an activating group) is 1. The molecule has 1 saturated heterocycles. The summed E-state index contributed by atoms with van der Waals surface area (Å²) in [6.07, 6.45) is 0.393. The van der Waals surface area contributed by atoms with Gasteiger partial charge in [0.2, 0.25) is 0 Å². The largest absolute Gasteiger partial charge is 0.466 e. The maximum Gasteiger partial charge on any atom is 0.307 e. The van der Waals surface area contributed by atoms with Gasteiger partial charge in [-0.2, -0.15) is 0 Å². The lowest BCUT2D eigenvalue weighted by Gasteiger charge is -2.44. The summed E-state index contributed by atoms with van der Waals surface area (Å²) < 4.78 is 10.7. The van der Waals surface area contributed by atoms with Crippen molar-refractivity contribution in [3.05, 3.63) is 0 Å². The van der Waals surface area contributed by atoms with E-state index in [0.717, 1.165) is 26.2 Å². The molecule has 0 aromatic rings. The Hall–Kier alpha value is -0.650. The Balaban J connectivity index is 2.65. The van der Waals surface area contributed by atoms with Crippen LogP contribution in [0.25, 0.3) is 0 Å². The average molecular weight is 272 g/mol. The zero-order chi connectivity index (χ0) is 14.3. The molecule has 1 fully saturated rings. The van der Waals surface area contributed by atoms with E-state index in [-0.39, 0.29) is 11.5 Å². The summed E-state index contributed by atoms with van der Waals surface area (Å²) in [4.78, 5) is 16.5. The Bertz CT molecular complexity index is 278. The number of carbonyl (C=O) groups is 1. The van der Waals surface area contributed by atoms with Crippen LogP contribution in [-0.4, -0.2) is 74.4 Å². The van der Waals surface area contributed by atoms with Crippen molar-refractivity contribution in [1.82, 2.24) is 9.80 Å². The van der Waals surface area contributed by atoms with E-state index in [1.807, 2.05) is 13.8 Å². The quantitative estimate of drug-likeness (QED) is 0.646. The highest BCUT2D eigenvalue weighted by Gasteiger charge is 2.36. The first-order valence-electron chi connectivity index (χ1n) is 7.18. The molecule has 19 heavy (non-hydrogen) atoms. The molecule has 0 N–H and O–H groups in total. The second-order valence-electron chi connectivity index (χ2n) is 5.41. The molecule has 0 aromatic heterocycles. The van der Waals surface area contributed by atoms with E-state index in [4.69, 9.17) is 9.47 Å². The van der Waals surface area contributed by atoms with Crippen molar-refractivity contribution < 1.29 is 14.3 Å². The van der Waals surface area contributed by atoms with Crippen molar-refractivity contribution >= 4 is 5.97 Å². The Labute approximate surface area is 116 Å². The molecular weight excluding hydrogens is 244 g/mol. The van der Waals surface area contributed by atoms with Gasteiger partial charge in [-0.3, -0.25) is 9.69 Å². The lowest BCUT2D eigenvalue weighted by molar-refractivity contribution is -0.148. The van der Waals surface area contributed by atoms with Crippen molar-refractivity contribution in [2.24, 2.45) is 0 Å². The van der Waals surface area contributed by atoms with E-state index in [1.54, 1.807) is 0 Å². The average Bonchev–Trinajstić information content (AvgIpc) is 2.37. The van der Waals surface area contributed by atoms with Gasteiger partial charge in [-0.25, -0.2) is 0 Å². The molecule has 0 aliphatic carbocycles. The van der Waals surface area contributed by atoms with Crippen LogP contribution < -0.4 is 0 Å². The molecule has 1 aliphatic heterocycles. The van der Waals surface area contributed by atoms with Crippen molar-refractivity contribution in [2.75, 3.05) is 53.0 Å². The standard InChI is InChI=1S/C14H28N2O3/c1-5-18-12-14(3,11-13(17)19-6-2)16-9-7-15(4)8-10-16/h5-12H2,1-4H3. The summed E-state index contributed by atoms with van der Waals surface area (Å²) in [5.41, 5.74) is -0.260. The van der Waals surface area contributed by atoms with Crippen LogP contribution in [0.3, 0.4) is 0 Å². The van der Waals surface area contributed by atoms with Crippen LogP contribution in [0.4, 0.5) is 0 Å². The molecule has 5 heteroatoms. The minimum atomic E-state index is -0.260. The highest BCUT2D eigenvalue weighted by Crippen LogP contribution is 2.22. The highest BCUT2D eigenvalue weighted by molar-refractivity contribution is 5.70. The normalized spacial score (nSPS) is 21.1. The number of hydrogen-bond donors (Lipinski definition) is 0. The predicted octanol–water partition coefficient (Wildman–Crippen LogP) is 0.982. The molecule has 0 saturated carbocycles. The van der Waals surface area contributed by atoms with E-state index in [2.05, 4.69) is 23.8 Å². The van der Waals surface area contributed by atoms with Gasteiger partial charge in [0.25, 0.3) is 0 Å². The van der Waals surface area contributed by atoms with Crippen LogP contribution in [-0.2, 0) is 14.3 Å². The van der Waals surface area contributed by atoms with Gasteiger partial charge in [-0.1, -0.05) is 0 Å². The number of hydrogen-bond acceptors (Lipinski definition) is 5. The minimum absolute atomic E-state index is 0.136. The van der Waals surface area contributed by atoms with Crippen LogP contribution >= 0.6 is 0 Å². The Morgan fingerprint density at radius 1 is 1.16 bits per heavy atom. The summed E-state index contributed by atoms with van der Waals surface area (Å²) in [6.45, 7) is 11.6. The third kappa shape index (κ3) is 5.09. The van der Waals surface area contributed by atoms with E-state index in [0.29, 0.717) is 26.2 Å². The number of ether oxygens (including phenoxy) is 2. The number of nitrogens with zero attached hydrogens (tertiary/aromatic N) is 2. The lowest BCUT2D eigenvalue weighted by Crippen LogP contribution is -2.58. The van der Waals surface area contributed by atoms with Gasteiger partial charge in [0.05, 0.1) is 25.2 Å².